The minimum atomic E-state index is -0.302. The minimum Gasteiger partial charge on any atom is -0.497 e. The number of thioether (sulfide) groups is 1. The van der Waals surface area contributed by atoms with Gasteiger partial charge in [-0.3, -0.25) is 9.36 Å². The summed E-state index contributed by atoms with van der Waals surface area (Å²) >= 11 is 1.33. The van der Waals surface area contributed by atoms with E-state index in [1.807, 2.05) is 48.7 Å². The maximum atomic E-state index is 13.4. The highest BCUT2D eigenvalue weighted by molar-refractivity contribution is 7.99. The van der Waals surface area contributed by atoms with Crippen LogP contribution in [-0.4, -0.2) is 45.0 Å². The fourth-order valence-electron chi connectivity index (χ4n) is 2.91. The van der Waals surface area contributed by atoms with E-state index in [4.69, 9.17) is 4.74 Å². The van der Waals surface area contributed by atoms with Crippen LogP contribution in [0.15, 0.2) is 53.7 Å². The van der Waals surface area contributed by atoms with E-state index in [1.54, 1.807) is 18.1 Å². The van der Waals surface area contributed by atoms with Gasteiger partial charge in [-0.25, -0.2) is 4.39 Å². The van der Waals surface area contributed by atoms with Crippen molar-refractivity contribution in [1.82, 2.24) is 19.7 Å². The highest BCUT2D eigenvalue weighted by Gasteiger charge is 2.17. The van der Waals surface area contributed by atoms with Crippen molar-refractivity contribution in [3.8, 4) is 11.4 Å². The smallest absolute Gasteiger partial charge is 0.233 e. The second-order valence-corrected chi connectivity index (χ2v) is 7.33. The Morgan fingerprint density at radius 1 is 1.21 bits per heavy atom. The number of rotatable bonds is 8. The lowest BCUT2D eigenvalue weighted by Crippen LogP contribution is -2.31. The standard InChI is InChI=1S/C21H23FN4O2S/c1-4-25(13-16-6-5-7-17(22)12-16)20(27)14-29-21-24-23-15(2)26(21)18-8-10-19(28-3)11-9-18/h5-12H,4,13-14H2,1-3H3. The Labute approximate surface area is 173 Å². The van der Waals surface area contributed by atoms with Crippen molar-refractivity contribution < 1.29 is 13.9 Å². The lowest BCUT2D eigenvalue weighted by atomic mass is 10.2. The predicted octanol–water partition coefficient (Wildman–Crippen LogP) is 3.86. The molecule has 8 heteroatoms. The summed E-state index contributed by atoms with van der Waals surface area (Å²) in [6.45, 7) is 4.69. The van der Waals surface area contributed by atoms with Crippen LogP contribution in [0.1, 0.15) is 18.3 Å². The summed E-state index contributed by atoms with van der Waals surface area (Å²) in [5.41, 5.74) is 1.66. The van der Waals surface area contributed by atoms with Crippen LogP contribution < -0.4 is 4.74 Å². The number of methoxy groups -OCH3 is 1. The highest BCUT2D eigenvalue weighted by atomic mass is 32.2. The molecule has 1 aromatic heterocycles. The Balaban J connectivity index is 1.69. The fourth-order valence-corrected chi connectivity index (χ4v) is 3.81. The lowest BCUT2D eigenvalue weighted by molar-refractivity contribution is -0.128. The average molecular weight is 415 g/mol. The van der Waals surface area contributed by atoms with Crippen molar-refractivity contribution in [3.05, 3.63) is 65.7 Å². The molecule has 0 aliphatic carbocycles. The maximum absolute atomic E-state index is 13.4. The molecule has 2 aromatic carbocycles. The number of halogens is 1. The molecule has 0 saturated heterocycles. The molecule has 0 atom stereocenters. The first-order valence-electron chi connectivity index (χ1n) is 9.23. The molecule has 3 rings (SSSR count). The zero-order valence-electron chi connectivity index (χ0n) is 16.6. The molecular formula is C21H23FN4O2S. The Morgan fingerprint density at radius 3 is 2.62 bits per heavy atom. The molecule has 0 saturated carbocycles. The average Bonchev–Trinajstić information content (AvgIpc) is 3.10. The number of ether oxygens (including phenoxy) is 1. The Kier molecular flexibility index (Phi) is 6.87. The van der Waals surface area contributed by atoms with Crippen LogP contribution in [0.3, 0.4) is 0 Å². The van der Waals surface area contributed by atoms with Crippen LogP contribution in [0.5, 0.6) is 5.75 Å². The monoisotopic (exact) mass is 414 g/mol. The van der Waals surface area contributed by atoms with Crippen LogP contribution in [0, 0.1) is 12.7 Å². The first kappa shape index (κ1) is 20.9. The third-order valence-corrected chi connectivity index (χ3v) is 5.36. The van der Waals surface area contributed by atoms with E-state index >= 15 is 0 Å². The molecule has 0 unspecified atom stereocenters. The van der Waals surface area contributed by atoms with Gasteiger partial charge in [0.25, 0.3) is 0 Å². The van der Waals surface area contributed by atoms with E-state index in [9.17, 15) is 9.18 Å². The Bertz CT molecular complexity index is 975. The third kappa shape index (κ3) is 5.14. The molecular weight excluding hydrogens is 391 g/mol. The summed E-state index contributed by atoms with van der Waals surface area (Å²) in [6.07, 6.45) is 0. The number of hydrogen-bond acceptors (Lipinski definition) is 5. The topological polar surface area (TPSA) is 60.2 Å². The van der Waals surface area contributed by atoms with Gasteiger partial charge in [-0.2, -0.15) is 0 Å². The molecule has 0 radical (unpaired) electrons. The lowest BCUT2D eigenvalue weighted by Gasteiger charge is -2.21. The zero-order valence-corrected chi connectivity index (χ0v) is 17.4. The van der Waals surface area contributed by atoms with E-state index < -0.39 is 0 Å². The molecule has 6 nitrogen and oxygen atoms in total. The largest absolute Gasteiger partial charge is 0.497 e. The van der Waals surface area contributed by atoms with Gasteiger partial charge in [0.05, 0.1) is 12.9 Å². The summed E-state index contributed by atoms with van der Waals surface area (Å²) in [5, 5.41) is 9.00. The summed E-state index contributed by atoms with van der Waals surface area (Å²) in [6, 6.07) is 13.9. The molecule has 1 amide bonds. The van der Waals surface area contributed by atoms with E-state index in [1.165, 1.54) is 23.9 Å². The molecule has 1 heterocycles. The van der Waals surface area contributed by atoms with E-state index in [2.05, 4.69) is 10.2 Å². The summed E-state index contributed by atoms with van der Waals surface area (Å²) < 4.78 is 20.5. The number of aromatic nitrogens is 3. The van der Waals surface area contributed by atoms with Crippen LogP contribution in [-0.2, 0) is 11.3 Å². The predicted molar refractivity (Wildman–Crippen MR) is 111 cm³/mol. The number of carbonyl (C=O) groups is 1. The molecule has 0 N–H and O–H groups in total. The summed E-state index contributed by atoms with van der Waals surface area (Å²) in [7, 11) is 1.62. The van der Waals surface area contributed by atoms with E-state index in [-0.39, 0.29) is 17.5 Å². The first-order valence-corrected chi connectivity index (χ1v) is 10.2. The molecule has 29 heavy (non-hydrogen) atoms. The molecule has 0 aliphatic rings. The fraction of sp³-hybridized carbons (Fsp3) is 0.286. The number of aryl methyl sites for hydroxylation is 1. The van der Waals surface area contributed by atoms with Gasteiger partial charge in [0.15, 0.2) is 5.16 Å². The SMILES string of the molecule is CCN(Cc1cccc(F)c1)C(=O)CSc1nnc(C)n1-c1ccc(OC)cc1. The number of carbonyl (C=O) groups excluding carboxylic acids is 1. The van der Waals surface area contributed by atoms with Gasteiger partial charge in [-0.15, -0.1) is 10.2 Å². The van der Waals surface area contributed by atoms with Crippen molar-refractivity contribution in [1.29, 1.82) is 0 Å². The van der Waals surface area contributed by atoms with Crippen LogP contribution in [0.4, 0.5) is 4.39 Å². The minimum absolute atomic E-state index is 0.0382. The van der Waals surface area contributed by atoms with Gasteiger partial charge >= 0.3 is 0 Å². The van der Waals surface area contributed by atoms with Gasteiger partial charge in [0.2, 0.25) is 5.91 Å². The number of benzene rings is 2. The molecule has 0 bridgehead atoms. The van der Waals surface area contributed by atoms with Crippen molar-refractivity contribution in [2.75, 3.05) is 19.4 Å². The van der Waals surface area contributed by atoms with Crippen LogP contribution in [0.25, 0.3) is 5.69 Å². The van der Waals surface area contributed by atoms with Crippen molar-refractivity contribution in [2.24, 2.45) is 0 Å². The van der Waals surface area contributed by atoms with Crippen LogP contribution in [0.2, 0.25) is 0 Å². The summed E-state index contributed by atoms with van der Waals surface area (Å²) in [5.74, 6) is 1.38. The van der Waals surface area contributed by atoms with Gasteiger partial charge < -0.3 is 9.64 Å². The normalized spacial score (nSPS) is 10.8. The number of hydrogen-bond donors (Lipinski definition) is 0. The molecule has 3 aromatic rings. The van der Waals surface area contributed by atoms with Gasteiger partial charge in [-0.1, -0.05) is 23.9 Å². The van der Waals surface area contributed by atoms with Crippen LogP contribution >= 0.6 is 11.8 Å². The quantitative estimate of drug-likeness (QED) is 0.524. The van der Waals surface area contributed by atoms with Gasteiger partial charge in [0, 0.05) is 18.8 Å². The second kappa shape index (κ2) is 9.56. The molecule has 152 valence electrons. The van der Waals surface area contributed by atoms with Crippen molar-refractivity contribution in [2.45, 2.75) is 25.5 Å². The van der Waals surface area contributed by atoms with Gasteiger partial charge in [0.1, 0.15) is 17.4 Å². The van der Waals surface area contributed by atoms with Crippen molar-refractivity contribution in [3.63, 3.8) is 0 Å². The van der Waals surface area contributed by atoms with E-state index in [0.29, 0.717) is 18.2 Å². The van der Waals surface area contributed by atoms with Gasteiger partial charge in [-0.05, 0) is 55.8 Å². The molecule has 0 spiro atoms. The first-order chi connectivity index (χ1) is 14.0. The number of nitrogens with zero attached hydrogens (tertiary/aromatic N) is 4. The van der Waals surface area contributed by atoms with E-state index in [0.717, 1.165) is 22.8 Å². The molecule has 0 aliphatic heterocycles. The Morgan fingerprint density at radius 2 is 1.97 bits per heavy atom. The third-order valence-electron chi connectivity index (χ3n) is 4.45. The highest BCUT2D eigenvalue weighted by Crippen LogP contribution is 2.24. The zero-order chi connectivity index (χ0) is 20.8. The second-order valence-electron chi connectivity index (χ2n) is 6.39. The van der Waals surface area contributed by atoms with Crippen molar-refractivity contribution >= 4 is 17.7 Å². The Hall–Kier alpha value is -2.87. The number of amides is 1. The summed E-state index contributed by atoms with van der Waals surface area (Å²) in [4.78, 5) is 14.4. The maximum Gasteiger partial charge on any atom is 0.233 e. The molecule has 0 fully saturated rings.